The highest BCUT2D eigenvalue weighted by molar-refractivity contribution is 5.83. The summed E-state index contributed by atoms with van der Waals surface area (Å²) in [4.78, 5) is 26.3. The molecule has 2 fully saturated rings. The largest absolute Gasteiger partial charge is 0.351 e. The SMILES string of the molecule is CC(N)C(=O)N[C@@H](CC(=O)N1C(C#N)CC2CC21)Cc1cc(F)c(F)cc1F. The first-order valence-electron chi connectivity index (χ1n) is 9.11. The Kier molecular flexibility index (Phi) is 5.61. The van der Waals surface area contributed by atoms with Gasteiger partial charge in [0.05, 0.1) is 12.1 Å². The molecular weight excluding hydrogens is 373 g/mol. The fraction of sp³-hybridized carbons (Fsp3) is 0.526. The van der Waals surface area contributed by atoms with Gasteiger partial charge in [-0.1, -0.05) is 0 Å². The molecule has 3 rings (SSSR count). The average molecular weight is 394 g/mol. The lowest BCUT2D eigenvalue weighted by atomic mass is 10.0. The normalized spacial score (nSPS) is 24.9. The molecule has 1 aromatic rings. The zero-order valence-corrected chi connectivity index (χ0v) is 15.3. The summed E-state index contributed by atoms with van der Waals surface area (Å²) in [6, 6.07) is 1.03. The molecular formula is C19H21F3N4O2. The molecule has 1 aliphatic heterocycles. The van der Waals surface area contributed by atoms with Crippen LogP contribution in [0.15, 0.2) is 12.1 Å². The third-order valence-electron chi connectivity index (χ3n) is 5.28. The number of halogens is 3. The van der Waals surface area contributed by atoms with Crippen molar-refractivity contribution in [1.29, 1.82) is 5.26 Å². The van der Waals surface area contributed by atoms with E-state index in [2.05, 4.69) is 11.4 Å². The number of fused-ring (bicyclic) bond motifs is 1. The lowest BCUT2D eigenvalue weighted by Crippen LogP contribution is -2.48. The number of likely N-dealkylation sites (tertiary alicyclic amines) is 1. The Morgan fingerprint density at radius 2 is 1.96 bits per heavy atom. The minimum Gasteiger partial charge on any atom is -0.351 e. The Labute approximate surface area is 160 Å². The maximum absolute atomic E-state index is 14.0. The van der Waals surface area contributed by atoms with Crippen molar-refractivity contribution in [2.24, 2.45) is 11.7 Å². The second kappa shape index (κ2) is 7.80. The molecule has 0 spiro atoms. The van der Waals surface area contributed by atoms with Crippen molar-refractivity contribution in [3.63, 3.8) is 0 Å². The zero-order valence-electron chi connectivity index (χ0n) is 15.3. The van der Waals surface area contributed by atoms with E-state index in [-0.39, 0.29) is 30.4 Å². The van der Waals surface area contributed by atoms with Crippen LogP contribution < -0.4 is 11.1 Å². The molecule has 0 bridgehead atoms. The molecule has 1 heterocycles. The Hall–Kier alpha value is -2.60. The van der Waals surface area contributed by atoms with E-state index in [1.807, 2.05) is 0 Å². The molecule has 0 aromatic heterocycles. The number of nitrogens with two attached hydrogens (primary N) is 1. The van der Waals surface area contributed by atoms with E-state index in [1.54, 1.807) is 0 Å². The monoisotopic (exact) mass is 394 g/mol. The van der Waals surface area contributed by atoms with Crippen molar-refractivity contribution >= 4 is 11.8 Å². The summed E-state index contributed by atoms with van der Waals surface area (Å²) < 4.78 is 40.7. The van der Waals surface area contributed by atoms with Gasteiger partial charge in [-0.15, -0.1) is 0 Å². The van der Waals surface area contributed by atoms with Crippen LogP contribution in [0, 0.1) is 34.7 Å². The Balaban J connectivity index is 1.77. The van der Waals surface area contributed by atoms with E-state index in [1.165, 1.54) is 11.8 Å². The number of carbonyl (C=O) groups excluding carboxylic acids is 2. The minimum atomic E-state index is -1.32. The number of carbonyl (C=O) groups is 2. The van der Waals surface area contributed by atoms with Gasteiger partial charge in [0.2, 0.25) is 11.8 Å². The van der Waals surface area contributed by atoms with Gasteiger partial charge >= 0.3 is 0 Å². The van der Waals surface area contributed by atoms with Gasteiger partial charge in [0.25, 0.3) is 0 Å². The molecule has 150 valence electrons. The first-order valence-corrected chi connectivity index (χ1v) is 9.11. The molecule has 9 heteroatoms. The Bertz CT molecular complexity index is 839. The van der Waals surface area contributed by atoms with Gasteiger partial charge in [-0.05, 0) is 43.7 Å². The number of piperidine rings is 1. The molecule has 0 radical (unpaired) electrons. The summed E-state index contributed by atoms with van der Waals surface area (Å²) in [5, 5.41) is 11.8. The maximum atomic E-state index is 14.0. The molecule has 5 atom stereocenters. The summed E-state index contributed by atoms with van der Waals surface area (Å²) in [5.74, 6) is -4.07. The predicted molar refractivity (Wildman–Crippen MR) is 93.0 cm³/mol. The highest BCUT2D eigenvalue weighted by Crippen LogP contribution is 2.47. The number of hydrogen-bond donors (Lipinski definition) is 2. The summed E-state index contributed by atoms with van der Waals surface area (Å²) in [6.45, 7) is 1.45. The van der Waals surface area contributed by atoms with Gasteiger partial charge in [0.15, 0.2) is 11.6 Å². The van der Waals surface area contributed by atoms with E-state index in [4.69, 9.17) is 5.73 Å². The van der Waals surface area contributed by atoms with Crippen molar-refractivity contribution in [2.75, 3.05) is 0 Å². The lowest BCUT2D eigenvalue weighted by Gasteiger charge is -2.26. The predicted octanol–water partition coefficient (Wildman–Crippen LogP) is 1.38. The third-order valence-corrected chi connectivity index (χ3v) is 5.28. The number of amides is 2. The summed E-state index contributed by atoms with van der Waals surface area (Å²) >= 11 is 0. The Morgan fingerprint density at radius 3 is 2.61 bits per heavy atom. The number of rotatable bonds is 6. The molecule has 1 aromatic carbocycles. The summed E-state index contributed by atoms with van der Waals surface area (Å²) in [5.41, 5.74) is 5.38. The minimum absolute atomic E-state index is 0.0296. The van der Waals surface area contributed by atoms with Gasteiger partial charge < -0.3 is 16.0 Å². The van der Waals surface area contributed by atoms with Crippen LogP contribution in [0.25, 0.3) is 0 Å². The highest BCUT2D eigenvalue weighted by Gasteiger charge is 2.54. The molecule has 2 aliphatic rings. The van der Waals surface area contributed by atoms with E-state index in [0.29, 0.717) is 24.5 Å². The second-order valence-electron chi connectivity index (χ2n) is 7.50. The fourth-order valence-corrected chi connectivity index (χ4v) is 3.74. The van der Waals surface area contributed by atoms with Crippen LogP contribution in [-0.2, 0) is 16.0 Å². The van der Waals surface area contributed by atoms with Crippen molar-refractivity contribution < 1.29 is 22.8 Å². The fourth-order valence-electron chi connectivity index (χ4n) is 3.74. The second-order valence-corrected chi connectivity index (χ2v) is 7.50. The van der Waals surface area contributed by atoms with Crippen LogP contribution in [0.4, 0.5) is 13.2 Å². The van der Waals surface area contributed by atoms with Crippen LogP contribution in [0.3, 0.4) is 0 Å². The summed E-state index contributed by atoms with van der Waals surface area (Å²) in [7, 11) is 0. The smallest absolute Gasteiger partial charge is 0.236 e. The molecule has 1 saturated heterocycles. The van der Waals surface area contributed by atoms with Gasteiger partial charge in [-0.2, -0.15) is 5.26 Å². The maximum Gasteiger partial charge on any atom is 0.236 e. The zero-order chi connectivity index (χ0) is 20.6. The lowest BCUT2D eigenvalue weighted by molar-refractivity contribution is -0.133. The number of benzene rings is 1. The highest BCUT2D eigenvalue weighted by atomic mass is 19.2. The number of nitrogens with zero attached hydrogens (tertiary/aromatic N) is 2. The topological polar surface area (TPSA) is 99.2 Å². The van der Waals surface area contributed by atoms with Crippen LogP contribution in [0.1, 0.15) is 31.7 Å². The Morgan fingerprint density at radius 1 is 1.29 bits per heavy atom. The first-order chi connectivity index (χ1) is 13.2. The van der Waals surface area contributed by atoms with E-state index in [9.17, 15) is 28.0 Å². The van der Waals surface area contributed by atoms with Gasteiger partial charge in [-0.25, -0.2) is 13.2 Å². The van der Waals surface area contributed by atoms with Gasteiger partial charge in [0, 0.05) is 24.6 Å². The van der Waals surface area contributed by atoms with E-state index < -0.39 is 41.5 Å². The number of hydrogen-bond acceptors (Lipinski definition) is 4. The molecule has 1 saturated carbocycles. The van der Waals surface area contributed by atoms with Crippen LogP contribution in [0.2, 0.25) is 0 Å². The third kappa shape index (κ3) is 4.12. The van der Waals surface area contributed by atoms with Gasteiger partial charge in [0.1, 0.15) is 11.9 Å². The van der Waals surface area contributed by atoms with E-state index >= 15 is 0 Å². The van der Waals surface area contributed by atoms with Crippen LogP contribution >= 0.6 is 0 Å². The molecule has 1 aliphatic carbocycles. The van der Waals surface area contributed by atoms with Crippen molar-refractivity contribution in [3.8, 4) is 6.07 Å². The molecule has 28 heavy (non-hydrogen) atoms. The van der Waals surface area contributed by atoms with Crippen LogP contribution in [0.5, 0.6) is 0 Å². The molecule has 4 unspecified atom stereocenters. The van der Waals surface area contributed by atoms with Crippen molar-refractivity contribution in [2.45, 2.75) is 56.8 Å². The molecule has 6 nitrogen and oxygen atoms in total. The van der Waals surface area contributed by atoms with Gasteiger partial charge in [-0.3, -0.25) is 9.59 Å². The summed E-state index contributed by atoms with van der Waals surface area (Å²) in [6.07, 6.45) is 1.06. The quantitative estimate of drug-likeness (QED) is 0.712. The number of nitrogens with one attached hydrogen (secondary N) is 1. The van der Waals surface area contributed by atoms with E-state index in [0.717, 1.165) is 6.42 Å². The van der Waals surface area contributed by atoms with Crippen molar-refractivity contribution in [1.82, 2.24) is 10.2 Å². The first kappa shape index (κ1) is 20.1. The number of nitriles is 1. The molecule has 2 amide bonds. The van der Waals surface area contributed by atoms with Crippen LogP contribution in [-0.4, -0.2) is 40.9 Å². The average Bonchev–Trinajstić information content (AvgIpc) is 3.28. The standard InChI is InChI=1S/C19H21F3N4O2/c1-9(24)19(28)25-12(2-10-4-15(21)16(22)7-14(10)20)6-18(27)26-13(8-23)3-11-5-17(11)26/h4,7,9,11-13,17H,2-3,5-6,24H2,1H3,(H,25,28)/t9?,11?,12-,13?,17?/m1/s1. The molecule has 3 N–H and O–H groups in total. The van der Waals surface area contributed by atoms with Crippen molar-refractivity contribution in [3.05, 3.63) is 35.1 Å².